The second-order valence-electron chi connectivity index (χ2n) is 4.63. The Labute approximate surface area is 99.2 Å². The topological polar surface area (TPSA) is 45.0 Å². The van der Waals surface area contributed by atoms with Crippen molar-refractivity contribution >= 4 is 5.69 Å². The van der Waals surface area contributed by atoms with E-state index in [2.05, 4.69) is 5.32 Å². The van der Waals surface area contributed by atoms with Gasteiger partial charge in [-0.3, -0.25) is 0 Å². The molecule has 1 aromatic carbocycles. The van der Waals surface area contributed by atoms with Crippen LogP contribution >= 0.6 is 0 Å². The van der Waals surface area contributed by atoms with E-state index >= 15 is 0 Å². The number of nitriles is 1. The van der Waals surface area contributed by atoms with E-state index < -0.39 is 5.82 Å². The first-order valence-corrected chi connectivity index (χ1v) is 5.88. The third kappa shape index (κ3) is 1.77. The molecule has 0 aromatic heterocycles. The zero-order valence-electron chi connectivity index (χ0n) is 9.32. The first-order valence-electron chi connectivity index (χ1n) is 5.88. The van der Waals surface area contributed by atoms with Crippen LogP contribution in [0.2, 0.25) is 0 Å². The van der Waals surface area contributed by atoms with Crippen molar-refractivity contribution in [3.63, 3.8) is 0 Å². The predicted octanol–water partition coefficient (Wildman–Crippen LogP) is 2.43. The Kier molecular flexibility index (Phi) is 2.49. The van der Waals surface area contributed by atoms with Gasteiger partial charge < -0.3 is 10.1 Å². The zero-order chi connectivity index (χ0) is 11.8. The molecule has 0 radical (unpaired) electrons. The lowest BCUT2D eigenvalue weighted by Crippen LogP contribution is -2.30. The first-order chi connectivity index (χ1) is 8.28. The van der Waals surface area contributed by atoms with Crippen molar-refractivity contribution in [3.05, 3.63) is 29.6 Å². The molecule has 3 rings (SSSR count). The summed E-state index contributed by atoms with van der Waals surface area (Å²) in [5.41, 5.74) is 0.670. The van der Waals surface area contributed by atoms with Gasteiger partial charge in [0.05, 0.1) is 23.9 Å². The van der Waals surface area contributed by atoms with Crippen molar-refractivity contribution in [2.45, 2.75) is 37.5 Å². The van der Waals surface area contributed by atoms with Gasteiger partial charge in [-0.25, -0.2) is 4.39 Å². The van der Waals surface area contributed by atoms with Gasteiger partial charge in [0.15, 0.2) is 0 Å². The van der Waals surface area contributed by atoms with E-state index in [4.69, 9.17) is 10.00 Å². The summed E-state index contributed by atoms with van der Waals surface area (Å²) in [7, 11) is 0. The molecule has 0 saturated carbocycles. The average molecular weight is 232 g/mol. The summed E-state index contributed by atoms with van der Waals surface area (Å²) in [4.78, 5) is 0. The van der Waals surface area contributed by atoms with Crippen LogP contribution in [0.15, 0.2) is 18.2 Å². The highest BCUT2D eigenvalue weighted by Crippen LogP contribution is 2.36. The fraction of sp³-hybridized carbons (Fsp3) is 0.462. The highest BCUT2D eigenvalue weighted by atomic mass is 19.1. The van der Waals surface area contributed by atoms with E-state index in [0.717, 1.165) is 19.3 Å². The number of benzene rings is 1. The minimum absolute atomic E-state index is 0.0928. The largest absolute Gasteiger partial charge is 0.378 e. The van der Waals surface area contributed by atoms with Crippen LogP contribution in [0.25, 0.3) is 0 Å². The van der Waals surface area contributed by atoms with E-state index in [1.807, 2.05) is 6.07 Å². The zero-order valence-corrected chi connectivity index (χ0v) is 9.32. The van der Waals surface area contributed by atoms with Crippen molar-refractivity contribution in [1.82, 2.24) is 0 Å². The fourth-order valence-electron chi connectivity index (χ4n) is 2.75. The van der Waals surface area contributed by atoms with Crippen molar-refractivity contribution in [2.75, 3.05) is 5.32 Å². The first kappa shape index (κ1) is 10.5. The second kappa shape index (κ2) is 4.01. The van der Waals surface area contributed by atoms with Crippen LogP contribution in [0.3, 0.4) is 0 Å². The number of fused-ring (bicyclic) bond motifs is 2. The molecule has 2 aliphatic heterocycles. The third-order valence-electron chi connectivity index (χ3n) is 3.57. The predicted molar refractivity (Wildman–Crippen MR) is 61.0 cm³/mol. The van der Waals surface area contributed by atoms with E-state index in [9.17, 15) is 4.39 Å². The van der Waals surface area contributed by atoms with Crippen molar-refractivity contribution in [3.8, 4) is 6.07 Å². The van der Waals surface area contributed by atoms with Gasteiger partial charge in [0.1, 0.15) is 17.4 Å². The van der Waals surface area contributed by atoms with Crippen LogP contribution < -0.4 is 5.32 Å². The smallest absolute Gasteiger partial charge is 0.143 e. The maximum Gasteiger partial charge on any atom is 0.143 e. The molecule has 2 fully saturated rings. The normalized spacial score (nSPS) is 30.2. The maximum atomic E-state index is 13.4. The van der Waals surface area contributed by atoms with Crippen LogP contribution in [-0.2, 0) is 4.74 Å². The summed E-state index contributed by atoms with van der Waals surface area (Å²) in [5.74, 6) is -0.471. The Morgan fingerprint density at radius 1 is 1.41 bits per heavy atom. The Morgan fingerprint density at radius 2 is 2.29 bits per heavy atom. The second-order valence-corrected chi connectivity index (χ2v) is 4.63. The summed E-state index contributed by atoms with van der Waals surface area (Å²) < 4.78 is 19.1. The lowest BCUT2D eigenvalue weighted by atomic mass is 9.95. The highest BCUT2D eigenvalue weighted by molar-refractivity contribution is 5.58. The number of nitrogens with one attached hydrogen (secondary N) is 1. The molecule has 3 atom stereocenters. The summed E-state index contributed by atoms with van der Waals surface area (Å²) in [6, 6.07) is 6.78. The van der Waals surface area contributed by atoms with Crippen LogP contribution in [0, 0.1) is 17.1 Å². The Morgan fingerprint density at radius 3 is 2.94 bits per heavy atom. The Bertz CT molecular complexity index is 483. The molecule has 2 saturated heterocycles. The molecule has 0 spiro atoms. The number of halogens is 1. The SMILES string of the molecule is N#Cc1c(F)cccc1NC1CC2CCC1O2. The van der Waals surface area contributed by atoms with Gasteiger partial charge >= 0.3 is 0 Å². The van der Waals surface area contributed by atoms with Crippen LogP contribution in [0.1, 0.15) is 24.8 Å². The Balaban J connectivity index is 1.82. The molecule has 1 aromatic rings. The fourth-order valence-corrected chi connectivity index (χ4v) is 2.75. The average Bonchev–Trinajstić information content (AvgIpc) is 2.91. The molecule has 17 heavy (non-hydrogen) atoms. The molecular weight excluding hydrogens is 219 g/mol. The molecule has 3 unspecified atom stereocenters. The molecule has 2 bridgehead atoms. The molecular formula is C13H13FN2O. The van der Waals surface area contributed by atoms with E-state index in [0.29, 0.717) is 11.8 Å². The highest BCUT2D eigenvalue weighted by Gasteiger charge is 2.40. The minimum Gasteiger partial charge on any atom is -0.378 e. The van der Waals surface area contributed by atoms with Gasteiger partial charge in [0.25, 0.3) is 0 Å². The molecule has 2 aliphatic rings. The Hall–Kier alpha value is -1.60. The van der Waals surface area contributed by atoms with Crippen molar-refractivity contribution < 1.29 is 9.13 Å². The quantitative estimate of drug-likeness (QED) is 0.851. The number of rotatable bonds is 2. The summed E-state index contributed by atoms with van der Waals surface area (Å²) in [6.07, 6.45) is 3.69. The summed E-state index contributed by atoms with van der Waals surface area (Å²) in [5, 5.41) is 12.2. The lowest BCUT2D eigenvalue weighted by molar-refractivity contribution is 0.102. The molecule has 0 aliphatic carbocycles. The monoisotopic (exact) mass is 232 g/mol. The van der Waals surface area contributed by atoms with E-state index in [-0.39, 0.29) is 17.7 Å². The van der Waals surface area contributed by atoms with Crippen LogP contribution in [0.4, 0.5) is 10.1 Å². The third-order valence-corrected chi connectivity index (χ3v) is 3.57. The van der Waals surface area contributed by atoms with E-state index in [1.165, 1.54) is 6.07 Å². The van der Waals surface area contributed by atoms with Crippen molar-refractivity contribution in [1.29, 1.82) is 5.26 Å². The molecule has 2 heterocycles. The van der Waals surface area contributed by atoms with Crippen LogP contribution in [-0.4, -0.2) is 18.2 Å². The van der Waals surface area contributed by atoms with Gasteiger partial charge in [-0.1, -0.05) is 6.07 Å². The number of hydrogen-bond acceptors (Lipinski definition) is 3. The van der Waals surface area contributed by atoms with Gasteiger partial charge in [-0.05, 0) is 31.4 Å². The van der Waals surface area contributed by atoms with E-state index in [1.54, 1.807) is 12.1 Å². The summed E-state index contributed by atoms with van der Waals surface area (Å²) in [6.45, 7) is 0. The van der Waals surface area contributed by atoms with Crippen LogP contribution in [0.5, 0.6) is 0 Å². The van der Waals surface area contributed by atoms with Crippen molar-refractivity contribution in [2.24, 2.45) is 0 Å². The van der Waals surface area contributed by atoms with Gasteiger partial charge in [-0.2, -0.15) is 5.26 Å². The minimum atomic E-state index is -0.471. The standard InChI is InChI=1S/C13H13FN2O/c14-10-2-1-3-11(9(10)7-15)16-12-6-8-4-5-13(12)17-8/h1-3,8,12-13,16H,4-6H2. The number of ether oxygens (including phenoxy) is 1. The molecule has 1 N–H and O–H groups in total. The maximum absolute atomic E-state index is 13.4. The molecule has 3 nitrogen and oxygen atoms in total. The summed E-state index contributed by atoms with van der Waals surface area (Å²) >= 11 is 0. The molecule has 4 heteroatoms. The number of anilines is 1. The van der Waals surface area contributed by atoms with Gasteiger partial charge in [0, 0.05) is 0 Å². The number of nitrogens with zero attached hydrogens (tertiary/aromatic N) is 1. The molecule has 88 valence electrons. The lowest BCUT2D eigenvalue weighted by Gasteiger charge is -2.21. The molecule has 0 amide bonds. The number of hydrogen-bond donors (Lipinski definition) is 1. The van der Waals surface area contributed by atoms with Gasteiger partial charge in [0.2, 0.25) is 0 Å². The van der Waals surface area contributed by atoms with Gasteiger partial charge in [-0.15, -0.1) is 0 Å².